The van der Waals surface area contributed by atoms with Gasteiger partial charge in [-0.15, -0.1) is 0 Å². The van der Waals surface area contributed by atoms with E-state index in [1.54, 1.807) is 24.3 Å². The molecule has 1 aromatic heterocycles. The predicted octanol–water partition coefficient (Wildman–Crippen LogP) is 3.24. The number of carbonyl (C=O) groups is 2. The summed E-state index contributed by atoms with van der Waals surface area (Å²) >= 11 is 0. The Morgan fingerprint density at radius 3 is 2.61 bits per heavy atom. The van der Waals surface area contributed by atoms with Gasteiger partial charge in [0.15, 0.2) is 6.61 Å². The van der Waals surface area contributed by atoms with Gasteiger partial charge >= 0.3 is 5.97 Å². The second-order valence-electron chi connectivity index (χ2n) is 5.80. The number of benzene rings is 2. The molecule has 0 spiro atoms. The molecule has 0 atom stereocenters. The maximum absolute atomic E-state index is 13.0. The number of aryl methyl sites for hydroxylation is 1. The number of para-hydroxylation sites is 1. The van der Waals surface area contributed by atoms with E-state index in [1.165, 1.54) is 31.4 Å². The summed E-state index contributed by atoms with van der Waals surface area (Å²) in [5, 5.41) is 3.80. The fourth-order valence-electron chi connectivity index (χ4n) is 2.45. The molecule has 0 radical (unpaired) electrons. The number of ether oxygens (including phenoxy) is 2. The van der Waals surface area contributed by atoms with Crippen molar-refractivity contribution in [3.8, 4) is 17.1 Å². The number of nitrogens with zero attached hydrogens (tertiary/aromatic N) is 2. The molecule has 144 valence electrons. The first-order valence-electron chi connectivity index (χ1n) is 8.47. The first kappa shape index (κ1) is 19.2. The van der Waals surface area contributed by atoms with Crippen LogP contribution in [0.4, 0.5) is 4.39 Å². The number of halogens is 1. The highest BCUT2D eigenvalue weighted by molar-refractivity contribution is 6.00. The Kier molecular flexibility index (Phi) is 6.11. The standard InChI is InChI=1S/C20H17FN2O5/c1-26-17-5-3-2-4-15(17)16(24)12-27-19(25)11-10-18-22-20(23-28-18)13-6-8-14(21)9-7-13/h2-9H,10-12H2,1H3. The van der Waals surface area contributed by atoms with Gasteiger partial charge in [-0.05, 0) is 36.4 Å². The van der Waals surface area contributed by atoms with Crippen molar-refractivity contribution in [3.05, 3.63) is 65.8 Å². The number of esters is 1. The van der Waals surface area contributed by atoms with Gasteiger partial charge in [0.05, 0.1) is 19.1 Å². The smallest absolute Gasteiger partial charge is 0.306 e. The number of ketones is 1. The molecule has 28 heavy (non-hydrogen) atoms. The number of aromatic nitrogens is 2. The van der Waals surface area contributed by atoms with Crippen LogP contribution < -0.4 is 4.74 Å². The first-order chi connectivity index (χ1) is 13.6. The molecule has 0 N–H and O–H groups in total. The van der Waals surface area contributed by atoms with Gasteiger partial charge < -0.3 is 14.0 Å². The van der Waals surface area contributed by atoms with Gasteiger partial charge in [0.2, 0.25) is 17.5 Å². The van der Waals surface area contributed by atoms with E-state index in [-0.39, 0.29) is 36.9 Å². The van der Waals surface area contributed by atoms with Crippen molar-refractivity contribution in [2.45, 2.75) is 12.8 Å². The third-order valence-corrected chi connectivity index (χ3v) is 3.89. The molecule has 8 heteroatoms. The molecule has 0 unspecified atom stereocenters. The van der Waals surface area contributed by atoms with Gasteiger partial charge in [-0.3, -0.25) is 9.59 Å². The second kappa shape index (κ2) is 8.90. The van der Waals surface area contributed by atoms with E-state index in [0.29, 0.717) is 22.7 Å². The Morgan fingerprint density at radius 2 is 1.86 bits per heavy atom. The monoisotopic (exact) mass is 384 g/mol. The van der Waals surface area contributed by atoms with Crippen molar-refractivity contribution in [2.24, 2.45) is 0 Å². The zero-order valence-electron chi connectivity index (χ0n) is 15.1. The summed E-state index contributed by atoms with van der Waals surface area (Å²) in [7, 11) is 1.46. The molecule has 0 fully saturated rings. The zero-order valence-corrected chi connectivity index (χ0v) is 15.1. The second-order valence-corrected chi connectivity index (χ2v) is 5.80. The molecule has 1 heterocycles. The Balaban J connectivity index is 1.49. The number of methoxy groups -OCH3 is 1. The van der Waals surface area contributed by atoms with E-state index >= 15 is 0 Å². The van der Waals surface area contributed by atoms with Crippen LogP contribution in [0.15, 0.2) is 53.1 Å². The fraction of sp³-hybridized carbons (Fsp3) is 0.200. The Morgan fingerprint density at radius 1 is 1.11 bits per heavy atom. The van der Waals surface area contributed by atoms with Crippen LogP contribution in [0.1, 0.15) is 22.7 Å². The fourth-order valence-corrected chi connectivity index (χ4v) is 2.45. The van der Waals surface area contributed by atoms with Gasteiger partial charge in [0.1, 0.15) is 11.6 Å². The summed E-state index contributed by atoms with van der Waals surface area (Å²) < 4.78 is 28.2. The molecule has 0 amide bonds. The molecule has 0 bridgehead atoms. The number of hydrogen-bond acceptors (Lipinski definition) is 7. The topological polar surface area (TPSA) is 91.5 Å². The Bertz CT molecular complexity index is 969. The van der Waals surface area contributed by atoms with Gasteiger partial charge in [-0.25, -0.2) is 4.39 Å². The summed E-state index contributed by atoms with van der Waals surface area (Å²) in [4.78, 5) is 28.2. The highest BCUT2D eigenvalue weighted by Gasteiger charge is 2.15. The lowest BCUT2D eigenvalue weighted by atomic mass is 10.1. The van der Waals surface area contributed by atoms with Crippen LogP contribution in [0.3, 0.4) is 0 Å². The van der Waals surface area contributed by atoms with E-state index in [4.69, 9.17) is 14.0 Å². The average molecular weight is 384 g/mol. The van der Waals surface area contributed by atoms with Crippen molar-refractivity contribution < 1.29 is 28.0 Å². The molecule has 0 aliphatic heterocycles. The van der Waals surface area contributed by atoms with Crippen LogP contribution in [0.2, 0.25) is 0 Å². The van der Waals surface area contributed by atoms with Gasteiger partial charge in [0, 0.05) is 12.0 Å². The van der Waals surface area contributed by atoms with Crippen LogP contribution in [0.5, 0.6) is 5.75 Å². The van der Waals surface area contributed by atoms with E-state index in [9.17, 15) is 14.0 Å². The normalized spacial score (nSPS) is 10.5. The molecule has 0 aliphatic carbocycles. The van der Waals surface area contributed by atoms with Gasteiger partial charge in [-0.2, -0.15) is 4.98 Å². The summed E-state index contributed by atoms with van der Waals surface area (Å²) in [6.07, 6.45) is 0.139. The third-order valence-electron chi connectivity index (χ3n) is 3.89. The van der Waals surface area contributed by atoms with Crippen molar-refractivity contribution in [2.75, 3.05) is 13.7 Å². The molecule has 7 nitrogen and oxygen atoms in total. The van der Waals surface area contributed by atoms with Gasteiger partial charge in [-0.1, -0.05) is 17.3 Å². The number of rotatable bonds is 8. The van der Waals surface area contributed by atoms with Crippen LogP contribution in [0.25, 0.3) is 11.4 Å². The summed E-state index contributed by atoms with van der Waals surface area (Å²) in [6.45, 7) is -0.385. The number of hydrogen-bond donors (Lipinski definition) is 0. The lowest BCUT2D eigenvalue weighted by Crippen LogP contribution is -2.15. The van der Waals surface area contributed by atoms with Crippen molar-refractivity contribution in [1.29, 1.82) is 0 Å². The largest absolute Gasteiger partial charge is 0.496 e. The van der Waals surface area contributed by atoms with E-state index in [2.05, 4.69) is 10.1 Å². The van der Waals surface area contributed by atoms with E-state index in [1.807, 2.05) is 0 Å². The average Bonchev–Trinajstić information content (AvgIpc) is 3.20. The van der Waals surface area contributed by atoms with Gasteiger partial charge in [0.25, 0.3) is 0 Å². The molecule has 2 aromatic carbocycles. The molecule has 0 aliphatic rings. The van der Waals surface area contributed by atoms with Crippen LogP contribution in [-0.4, -0.2) is 35.6 Å². The minimum atomic E-state index is -0.565. The summed E-state index contributed by atoms with van der Waals surface area (Å²) in [5.74, 6) is -0.324. The first-order valence-corrected chi connectivity index (χ1v) is 8.47. The maximum Gasteiger partial charge on any atom is 0.306 e. The zero-order chi connectivity index (χ0) is 19.9. The predicted molar refractivity (Wildman–Crippen MR) is 96.3 cm³/mol. The maximum atomic E-state index is 13.0. The van der Waals surface area contributed by atoms with Crippen molar-refractivity contribution in [3.63, 3.8) is 0 Å². The number of Topliss-reactive ketones (excluding diaryl/α,β-unsaturated/α-hetero) is 1. The SMILES string of the molecule is COc1ccccc1C(=O)COC(=O)CCc1nc(-c2ccc(F)cc2)no1. The van der Waals surface area contributed by atoms with E-state index in [0.717, 1.165) is 0 Å². The highest BCUT2D eigenvalue weighted by atomic mass is 19.1. The number of carbonyl (C=O) groups excluding carboxylic acids is 2. The molecule has 0 saturated heterocycles. The van der Waals surface area contributed by atoms with Crippen LogP contribution in [0, 0.1) is 5.82 Å². The molecular formula is C20H17FN2O5. The van der Waals surface area contributed by atoms with Crippen LogP contribution >= 0.6 is 0 Å². The quantitative estimate of drug-likeness (QED) is 0.435. The lowest BCUT2D eigenvalue weighted by Gasteiger charge is -2.07. The minimum Gasteiger partial charge on any atom is -0.496 e. The molecule has 3 aromatic rings. The molecule has 0 saturated carbocycles. The Hall–Kier alpha value is -3.55. The lowest BCUT2D eigenvalue weighted by molar-refractivity contribution is -0.142. The summed E-state index contributed by atoms with van der Waals surface area (Å²) in [5.41, 5.74) is 0.944. The van der Waals surface area contributed by atoms with E-state index < -0.39 is 5.97 Å². The van der Waals surface area contributed by atoms with Crippen LogP contribution in [-0.2, 0) is 16.0 Å². The minimum absolute atomic E-state index is 0.0236. The van der Waals surface area contributed by atoms with Crippen molar-refractivity contribution >= 4 is 11.8 Å². The highest BCUT2D eigenvalue weighted by Crippen LogP contribution is 2.18. The van der Waals surface area contributed by atoms with Crippen molar-refractivity contribution in [1.82, 2.24) is 10.1 Å². The molecular weight excluding hydrogens is 367 g/mol. The third kappa shape index (κ3) is 4.79. The summed E-state index contributed by atoms with van der Waals surface area (Å²) in [6, 6.07) is 12.3. The Labute approximate surface area is 160 Å². The molecule has 3 rings (SSSR count).